The molecule has 0 fully saturated rings. The van der Waals surface area contributed by atoms with E-state index >= 15 is 0 Å². The van der Waals surface area contributed by atoms with Crippen molar-refractivity contribution in [3.63, 3.8) is 0 Å². The molecule has 0 aromatic heterocycles. The van der Waals surface area contributed by atoms with Gasteiger partial charge in [-0.3, -0.25) is 4.79 Å². The van der Waals surface area contributed by atoms with Crippen LogP contribution in [0.25, 0.3) is 6.08 Å². The van der Waals surface area contributed by atoms with Crippen LogP contribution in [-0.2, 0) is 9.53 Å². The third-order valence-corrected chi connectivity index (χ3v) is 4.40. The van der Waals surface area contributed by atoms with E-state index in [2.05, 4.69) is 0 Å². The molecule has 0 N–H and O–H groups in total. The van der Waals surface area contributed by atoms with E-state index in [4.69, 9.17) is 16.3 Å². The minimum atomic E-state index is -0.547. The Bertz CT molecular complexity index is 880. The number of Topliss-reactive ketones (excluding diaryl/α,β-unsaturated/α-hetero) is 1. The lowest BCUT2D eigenvalue weighted by Gasteiger charge is -2.17. The molecule has 0 amide bonds. The first-order valence-electron chi connectivity index (χ1n) is 9.11. The zero-order valence-corrected chi connectivity index (χ0v) is 17.2. The van der Waals surface area contributed by atoms with E-state index in [0.29, 0.717) is 17.5 Å². The fourth-order valence-electron chi connectivity index (χ4n) is 2.79. The van der Waals surface area contributed by atoms with Crippen LogP contribution < -0.4 is 0 Å². The van der Waals surface area contributed by atoms with E-state index in [1.807, 2.05) is 6.92 Å². The van der Waals surface area contributed by atoms with Crippen LogP contribution in [-0.4, -0.2) is 17.4 Å². The number of hydrogen-bond donors (Lipinski definition) is 0. The normalized spacial score (nSPS) is 12.8. The number of benzene rings is 2. The minimum Gasteiger partial charge on any atom is -0.457 e. The van der Waals surface area contributed by atoms with Crippen LogP contribution in [0.1, 0.15) is 61.5 Å². The molecule has 2 aromatic carbocycles. The first kappa shape index (κ1) is 21.8. The summed E-state index contributed by atoms with van der Waals surface area (Å²) in [6, 6.07) is 11.0. The molecule has 0 radical (unpaired) electrons. The van der Waals surface area contributed by atoms with Gasteiger partial charge in [-0.2, -0.15) is 0 Å². The number of ether oxygens (including phenoxy) is 1. The maximum Gasteiger partial charge on any atom is 0.331 e. The van der Waals surface area contributed by atoms with Crippen molar-refractivity contribution in [1.29, 1.82) is 0 Å². The van der Waals surface area contributed by atoms with Crippen LogP contribution >= 0.6 is 11.6 Å². The van der Waals surface area contributed by atoms with Crippen LogP contribution in [0.15, 0.2) is 48.5 Å². The quantitative estimate of drug-likeness (QED) is 0.327. The summed E-state index contributed by atoms with van der Waals surface area (Å²) in [5.41, 5.74) is 1.37. The van der Waals surface area contributed by atoms with Crippen molar-refractivity contribution in [2.75, 3.05) is 0 Å². The Balaban J connectivity index is 2.15. The molecule has 0 aliphatic rings. The van der Waals surface area contributed by atoms with E-state index < -0.39 is 23.3 Å². The van der Waals surface area contributed by atoms with Crippen molar-refractivity contribution in [1.82, 2.24) is 0 Å². The van der Waals surface area contributed by atoms with Crippen molar-refractivity contribution in [3.05, 3.63) is 76.1 Å². The third-order valence-electron chi connectivity index (χ3n) is 4.08. The molecule has 0 saturated heterocycles. The number of carbonyl (C=O) groups excluding carboxylic acids is 2. The topological polar surface area (TPSA) is 43.4 Å². The number of esters is 1. The maximum absolute atomic E-state index is 13.3. The molecule has 3 nitrogen and oxygen atoms in total. The highest BCUT2D eigenvalue weighted by Crippen LogP contribution is 2.30. The maximum atomic E-state index is 13.3. The molecule has 5 heteroatoms. The average Bonchev–Trinajstić information content (AvgIpc) is 2.61. The molecule has 2 aromatic rings. The van der Waals surface area contributed by atoms with Gasteiger partial charge in [0.1, 0.15) is 11.4 Å². The van der Waals surface area contributed by atoms with Gasteiger partial charge in [0.25, 0.3) is 0 Å². The van der Waals surface area contributed by atoms with Crippen LogP contribution in [0.4, 0.5) is 4.39 Å². The van der Waals surface area contributed by atoms with E-state index in [1.165, 1.54) is 18.2 Å². The van der Waals surface area contributed by atoms with Crippen LogP contribution in [0.2, 0.25) is 5.02 Å². The second kappa shape index (κ2) is 9.16. The summed E-state index contributed by atoms with van der Waals surface area (Å²) in [7, 11) is 0. The highest BCUT2D eigenvalue weighted by Gasteiger charge is 2.22. The fraction of sp³-hybridized carbons (Fsp3) is 0.304. The first-order chi connectivity index (χ1) is 13.1. The SMILES string of the molecule is CC[C@H](C(=O)c1ccc(/C=C/C(=O)OC(C)(C)C)cc1)c1ccc(F)cc1Cl. The lowest BCUT2D eigenvalue weighted by Crippen LogP contribution is -2.22. The molecular formula is C23H24ClFO3. The predicted octanol–water partition coefficient (Wildman–Crippen LogP) is 6.21. The number of hydrogen-bond acceptors (Lipinski definition) is 3. The molecule has 0 aliphatic carbocycles. The zero-order valence-electron chi connectivity index (χ0n) is 16.5. The van der Waals surface area contributed by atoms with Crippen molar-refractivity contribution < 1.29 is 18.7 Å². The highest BCUT2D eigenvalue weighted by molar-refractivity contribution is 6.31. The Labute approximate surface area is 170 Å². The van der Waals surface area contributed by atoms with Gasteiger partial charge in [-0.15, -0.1) is 0 Å². The van der Waals surface area contributed by atoms with E-state index in [0.717, 1.165) is 5.56 Å². The fourth-order valence-corrected chi connectivity index (χ4v) is 3.09. The molecule has 148 valence electrons. The van der Waals surface area contributed by atoms with Crippen LogP contribution in [0.5, 0.6) is 0 Å². The molecule has 2 rings (SSSR count). The van der Waals surface area contributed by atoms with Crippen molar-refractivity contribution in [2.24, 2.45) is 0 Å². The van der Waals surface area contributed by atoms with Gasteiger partial charge in [-0.25, -0.2) is 9.18 Å². The predicted molar refractivity (Wildman–Crippen MR) is 110 cm³/mol. The number of halogens is 2. The average molecular weight is 403 g/mol. The third kappa shape index (κ3) is 6.03. The molecule has 0 aliphatic heterocycles. The Morgan fingerprint density at radius 1 is 1.14 bits per heavy atom. The Hall–Kier alpha value is -2.46. The highest BCUT2D eigenvalue weighted by atomic mass is 35.5. The van der Waals surface area contributed by atoms with Crippen LogP contribution in [0.3, 0.4) is 0 Å². The van der Waals surface area contributed by atoms with E-state index in [1.54, 1.807) is 57.2 Å². The molecule has 0 heterocycles. The molecule has 0 bridgehead atoms. The first-order valence-corrected chi connectivity index (χ1v) is 9.49. The molecular weight excluding hydrogens is 379 g/mol. The second-order valence-corrected chi connectivity index (χ2v) is 7.89. The number of rotatable bonds is 6. The van der Waals surface area contributed by atoms with Gasteiger partial charge >= 0.3 is 5.97 Å². The van der Waals surface area contributed by atoms with Gasteiger partial charge in [0.05, 0.1) is 0 Å². The van der Waals surface area contributed by atoms with E-state index in [-0.39, 0.29) is 10.8 Å². The van der Waals surface area contributed by atoms with Gasteiger partial charge in [0.15, 0.2) is 5.78 Å². The van der Waals surface area contributed by atoms with Crippen molar-refractivity contribution in [2.45, 2.75) is 45.6 Å². The Morgan fingerprint density at radius 3 is 2.32 bits per heavy atom. The van der Waals surface area contributed by atoms with Crippen molar-refractivity contribution in [3.8, 4) is 0 Å². The lowest BCUT2D eigenvalue weighted by atomic mass is 9.88. The van der Waals surface area contributed by atoms with Gasteiger partial charge in [-0.05, 0) is 56.5 Å². The second-order valence-electron chi connectivity index (χ2n) is 7.48. The monoisotopic (exact) mass is 402 g/mol. The van der Waals surface area contributed by atoms with Gasteiger partial charge in [0.2, 0.25) is 0 Å². The smallest absolute Gasteiger partial charge is 0.331 e. The van der Waals surface area contributed by atoms with Crippen molar-refractivity contribution >= 4 is 29.4 Å². The van der Waals surface area contributed by atoms with Gasteiger partial charge in [-0.1, -0.05) is 48.9 Å². The zero-order chi connectivity index (χ0) is 20.9. The van der Waals surface area contributed by atoms with Gasteiger partial charge < -0.3 is 4.74 Å². The minimum absolute atomic E-state index is 0.0846. The summed E-state index contributed by atoms with van der Waals surface area (Å²) < 4.78 is 18.5. The molecule has 0 unspecified atom stereocenters. The standard InChI is InChI=1S/C23H24ClFO3/c1-5-18(19-12-11-17(25)14-20(19)24)22(27)16-9-6-15(7-10-16)8-13-21(26)28-23(2,3)4/h6-14,18H,5H2,1-4H3/b13-8+/t18-/m0/s1. The summed E-state index contributed by atoms with van der Waals surface area (Å²) in [4.78, 5) is 24.6. The lowest BCUT2D eigenvalue weighted by molar-refractivity contribution is -0.148. The Kier molecular flexibility index (Phi) is 7.14. The number of carbonyl (C=O) groups is 2. The summed E-state index contributed by atoms with van der Waals surface area (Å²) in [5, 5.41) is 0.247. The summed E-state index contributed by atoms with van der Waals surface area (Å²) in [5.74, 6) is -1.39. The summed E-state index contributed by atoms with van der Waals surface area (Å²) >= 11 is 6.13. The molecule has 1 atom stereocenters. The summed E-state index contributed by atoms with van der Waals surface area (Å²) in [6.07, 6.45) is 3.54. The Morgan fingerprint density at radius 2 is 1.79 bits per heavy atom. The summed E-state index contributed by atoms with van der Waals surface area (Å²) in [6.45, 7) is 7.30. The largest absolute Gasteiger partial charge is 0.457 e. The molecule has 0 saturated carbocycles. The van der Waals surface area contributed by atoms with Gasteiger partial charge in [0, 0.05) is 22.6 Å². The molecule has 28 heavy (non-hydrogen) atoms. The van der Waals surface area contributed by atoms with E-state index in [9.17, 15) is 14.0 Å². The van der Waals surface area contributed by atoms with Crippen LogP contribution in [0, 0.1) is 5.82 Å². The molecule has 0 spiro atoms. The number of ketones is 1.